The highest BCUT2D eigenvalue weighted by Crippen LogP contribution is 2.36. The summed E-state index contributed by atoms with van der Waals surface area (Å²) < 4.78 is 10.5. The van der Waals surface area contributed by atoms with E-state index in [0.29, 0.717) is 37.7 Å². The Morgan fingerprint density at radius 1 is 1.06 bits per heavy atom. The fourth-order valence-electron chi connectivity index (χ4n) is 4.85. The molecule has 5 heterocycles. The minimum atomic E-state index is -0.252. The molecule has 3 saturated heterocycles. The summed E-state index contributed by atoms with van der Waals surface area (Å²) >= 11 is 1.42. The lowest BCUT2D eigenvalue weighted by molar-refractivity contribution is -0.104. The van der Waals surface area contributed by atoms with Gasteiger partial charge < -0.3 is 24.2 Å². The summed E-state index contributed by atoms with van der Waals surface area (Å²) in [5.74, 6) is 0.0462. The largest absolute Gasteiger partial charge is 0.441 e. The minimum Gasteiger partial charge on any atom is -0.441 e. The number of piperazine rings is 1. The molecule has 3 aliphatic heterocycles. The Morgan fingerprint density at radius 3 is 2.59 bits per heavy atom. The summed E-state index contributed by atoms with van der Waals surface area (Å²) in [6.07, 6.45) is 6.51. The van der Waals surface area contributed by atoms with Crippen LogP contribution in [-0.2, 0) is 15.9 Å². The summed E-state index contributed by atoms with van der Waals surface area (Å²) in [5, 5.41) is 2.55. The van der Waals surface area contributed by atoms with Gasteiger partial charge in [0.15, 0.2) is 11.1 Å². The standard InChI is InChI=1S/C24H27N5O4S/c30-23(28-5-1-2-6-28)22-26-20(15-34-22)16-11-18-19(12-16)25-4-3-21(18)27-7-9-29(10-8-27)24(31)33-17-13-32-14-17/h3-4,11,15,17H,1-2,5-10,12-14H2. The van der Waals surface area contributed by atoms with Crippen LogP contribution in [0.25, 0.3) is 11.6 Å². The number of rotatable bonds is 4. The van der Waals surface area contributed by atoms with Gasteiger partial charge in [-0.2, -0.15) is 0 Å². The third-order valence-electron chi connectivity index (χ3n) is 6.89. The number of carbonyl (C=O) groups excluding carboxylic acids is 2. The highest BCUT2D eigenvalue weighted by atomic mass is 32.1. The van der Waals surface area contributed by atoms with E-state index in [1.165, 1.54) is 11.3 Å². The smallest absolute Gasteiger partial charge is 0.410 e. The number of fused-ring (bicyclic) bond motifs is 1. The maximum Gasteiger partial charge on any atom is 0.410 e. The molecule has 0 N–H and O–H groups in total. The molecule has 3 fully saturated rings. The number of ether oxygens (including phenoxy) is 2. The fourth-order valence-corrected chi connectivity index (χ4v) is 5.66. The maximum absolute atomic E-state index is 12.7. The second kappa shape index (κ2) is 8.99. The molecule has 6 rings (SSSR count). The molecule has 34 heavy (non-hydrogen) atoms. The molecule has 0 bridgehead atoms. The summed E-state index contributed by atoms with van der Waals surface area (Å²) in [7, 11) is 0. The van der Waals surface area contributed by atoms with E-state index < -0.39 is 0 Å². The lowest BCUT2D eigenvalue weighted by Crippen LogP contribution is -2.51. The number of amides is 2. The number of aromatic nitrogens is 2. The van der Waals surface area contributed by atoms with E-state index in [1.54, 1.807) is 4.90 Å². The summed E-state index contributed by atoms with van der Waals surface area (Å²) in [6.45, 7) is 5.36. The van der Waals surface area contributed by atoms with Gasteiger partial charge in [-0.3, -0.25) is 9.78 Å². The van der Waals surface area contributed by atoms with Crippen LogP contribution in [0, 0.1) is 0 Å². The predicted octanol–water partition coefficient (Wildman–Crippen LogP) is 2.53. The molecule has 0 aromatic carbocycles. The fraction of sp³-hybridized carbons (Fsp3) is 0.500. The Morgan fingerprint density at radius 2 is 1.85 bits per heavy atom. The molecule has 0 saturated carbocycles. The number of hydrogen-bond donors (Lipinski definition) is 0. The van der Waals surface area contributed by atoms with Crippen molar-refractivity contribution in [2.75, 3.05) is 57.4 Å². The third-order valence-corrected chi connectivity index (χ3v) is 7.72. The minimum absolute atomic E-state index is 0.0462. The third kappa shape index (κ3) is 4.05. The van der Waals surface area contributed by atoms with Crippen molar-refractivity contribution in [1.29, 1.82) is 0 Å². The van der Waals surface area contributed by atoms with Crippen molar-refractivity contribution in [2.24, 2.45) is 0 Å². The molecule has 2 aromatic heterocycles. The van der Waals surface area contributed by atoms with Crippen molar-refractivity contribution in [1.82, 2.24) is 19.8 Å². The number of anilines is 1. The molecule has 4 aliphatic rings. The second-order valence-corrected chi connectivity index (χ2v) is 9.95. The molecular weight excluding hydrogens is 454 g/mol. The van der Waals surface area contributed by atoms with Gasteiger partial charge in [0.25, 0.3) is 5.91 Å². The first-order valence-electron chi connectivity index (χ1n) is 11.9. The first-order valence-corrected chi connectivity index (χ1v) is 12.8. The van der Waals surface area contributed by atoms with Gasteiger partial charge in [0.2, 0.25) is 0 Å². The van der Waals surface area contributed by atoms with Crippen LogP contribution in [0.2, 0.25) is 0 Å². The molecule has 0 spiro atoms. The SMILES string of the molecule is O=C(OC1COC1)N1CCN(c2ccnc3c2C=C(c2csc(C(=O)N4CCCC4)n2)C3)CC1. The van der Waals surface area contributed by atoms with Crippen LogP contribution in [0.1, 0.15) is 39.6 Å². The molecule has 178 valence electrons. The first kappa shape index (κ1) is 21.5. The molecule has 1 aliphatic carbocycles. The van der Waals surface area contributed by atoms with Gasteiger partial charge in [-0.25, -0.2) is 9.78 Å². The zero-order valence-corrected chi connectivity index (χ0v) is 19.8. The van der Waals surface area contributed by atoms with Gasteiger partial charge in [-0.15, -0.1) is 11.3 Å². The Kier molecular flexibility index (Phi) is 5.70. The number of nitrogens with zero attached hydrogens (tertiary/aromatic N) is 5. The Balaban J connectivity index is 1.14. The topological polar surface area (TPSA) is 88.1 Å². The molecule has 2 aromatic rings. The molecule has 0 atom stereocenters. The van der Waals surface area contributed by atoms with Crippen molar-refractivity contribution < 1.29 is 19.1 Å². The molecule has 0 radical (unpaired) electrons. The van der Waals surface area contributed by atoms with Gasteiger partial charge in [0, 0.05) is 68.5 Å². The zero-order valence-electron chi connectivity index (χ0n) is 18.9. The number of carbonyl (C=O) groups is 2. The number of thiazole rings is 1. The van der Waals surface area contributed by atoms with E-state index in [1.807, 2.05) is 22.5 Å². The lowest BCUT2D eigenvalue weighted by Gasteiger charge is -2.37. The van der Waals surface area contributed by atoms with Crippen LogP contribution in [0.3, 0.4) is 0 Å². The molecule has 10 heteroatoms. The molecule has 2 amide bonds. The second-order valence-electron chi connectivity index (χ2n) is 9.09. The highest BCUT2D eigenvalue weighted by molar-refractivity contribution is 7.11. The molecular formula is C24H27N5O4S. The van der Waals surface area contributed by atoms with Gasteiger partial charge in [0.1, 0.15) is 0 Å². The lowest BCUT2D eigenvalue weighted by atomic mass is 10.1. The van der Waals surface area contributed by atoms with E-state index in [-0.39, 0.29) is 18.1 Å². The maximum atomic E-state index is 12.7. The van der Waals surface area contributed by atoms with Crippen molar-refractivity contribution in [3.8, 4) is 0 Å². The van der Waals surface area contributed by atoms with E-state index in [2.05, 4.69) is 20.9 Å². The van der Waals surface area contributed by atoms with E-state index in [0.717, 1.165) is 67.2 Å². The molecule has 0 unspecified atom stereocenters. The highest BCUT2D eigenvalue weighted by Gasteiger charge is 2.30. The van der Waals surface area contributed by atoms with Crippen LogP contribution in [-0.4, -0.2) is 90.4 Å². The number of hydrogen-bond acceptors (Lipinski definition) is 8. The van der Waals surface area contributed by atoms with E-state index >= 15 is 0 Å². The van der Waals surface area contributed by atoms with Crippen LogP contribution in [0.15, 0.2) is 17.6 Å². The van der Waals surface area contributed by atoms with Gasteiger partial charge in [-0.1, -0.05) is 0 Å². The van der Waals surface area contributed by atoms with E-state index in [4.69, 9.17) is 9.47 Å². The number of likely N-dealkylation sites (tertiary alicyclic amines) is 1. The van der Waals surface area contributed by atoms with Gasteiger partial charge in [0.05, 0.1) is 24.6 Å². The van der Waals surface area contributed by atoms with Crippen LogP contribution in [0.4, 0.5) is 10.5 Å². The number of allylic oxidation sites excluding steroid dienone is 1. The van der Waals surface area contributed by atoms with Crippen molar-refractivity contribution in [3.05, 3.63) is 39.6 Å². The normalized spacial score (nSPS) is 20.2. The monoisotopic (exact) mass is 481 g/mol. The summed E-state index contributed by atoms with van der Waals surface area (Å²) in [5.41, 5.74) is 5.23. The van der Waals surface area contributed by atoms with Crippen LogP contribution >= 0.6 is 11.3 Å². The van der Waals surface area contributed by atoms with Crippen molar-refractivity contribution in [3.63, 3.8) is 0 Å². The Labute approximate surface area is 202 Å². The molecule has 9 nitrogen and oxygen atoms in total. The number of pyridine rings is 1. The average molecular weight is 482 g/mol. The van der Waals surface area contributed by atoms with Gasteiger partial charge in [-0.05, 0) is 30.6 Å². The van der Waals surface area contributed by atoms with Gasteiger partial charge >= 0.3 is 6.09 Å². The Hall–Kier alpha value is -2.98. The first-order chi connectivity index (χ1) is 16.7. The average Bonchev–Trinajstić information content (AvgIpc) is 3.60. The quantitative estimate of drug-likeness (QED) is 0.663. The van der Waals surface area contributed by atoms with Crippen LogP contribution in [0.5, 0.6) is 0 Å². The van der Waals surface area contributed by atoms with Crippen molar-refractivity contribution >= 4 is 40.7 Å². The Bertz CT molecular complexity index is 1130. The summed E-state index contributed by atoms with van der Waals surface area (Å²) in [6, 6.07) is 2.04. The zero-order chi connectivity index (χ0) is 23.1. The van der Waals surface area contributed by atoms with Crippen LogP contribution < -0.4 is 4.90 Å². The van der Waals surface area contributed by atoms with Crippen molar-refractivity contribution in [2.45, 2.75) is 25.4 Å². The van der Waals surface area contributed by atoms with E-state index in [9.17, 15) is 9.59 Å². The predicted molar refractivity (Wildman–Crippen MR) is 128 cm³/mol. The summed E-state index contributed by atoms with van der Waals surface area (Å²) in [4.78, 5) is 40.3.